The molecule has 0 atom stereocenters. The molecule has 3 N–H and O–H groups in total. The SMILES string of the molecule is COc1cccc(Nc2nc(C)cc(N)n2)c1. The second-order valence-corrected chi connectivity index (χ2v) is 3.61. The van der Waals surface area contributed by atoms with Crippen LogP contribution < -0.4 is 15.8 Å². The minimum Gasteiger partial charge on any atom is -0.497 e. The van der Waals surface area contributed by atoms with Crippen LogP contribution in [0.25, 0.3) is 0 Å². The number of methoxy groups -OCH3 is 1. The van der Waals surface area contributed by atoms with Gasteiger partial charge in [0.15, 0.2) is 0 Å². The molecular formula is C12H14N4O. The Labute approximate surface area is 99.7 Å². The van der Waals surface area contributed by atoms with Crippen molar-refractivity contribution >= 4 is 17.5 Å². The predicted molar refractivity (Wildman–Crippen MR) is 67.5 cm³/mol. The lowest BCUT2D eigenvalue weighted by molar-refractivity contribution is 0.415. The topological polar surface area (TPSA) is 73.1 Å². The summed E-state index contributed by atoms with van der Waals surface area (Å²) >= 11 is 0. The number of nitrogen functional groups attached to an aromatic ring is 1. The van der Waals surface area contributed by atoms with Crippen molar-refractivity contribution in [3.8, 4) is 5.75 Å². The molecular weight excluding hydrogens is 216 g/mol. The van der Waals surface area contributed by atoms with Gasteiger partial charge >= 0.3 is 0 Å². The number of aromatic nitrogens is 2. The molecule has 1 aromatic heterocycles. The van der Waals surface area contributed by atoms with E-state index in [0.29, 0.717) is 11.8 Å². The van der Waals surface area contributed by atoms with Crippen molar-refractivity contribution in [2.75, 3.05) is 18.2 Å². The van der Waals surface area contributed by atoms with Crippen LogP contribution in [0.15, 0.2) is 30.3 Å². The smallest absolute Gasteiger partial charge is 0.229 e. The summed E-state index contributed by atoms with van der Waals surface area (Å²) in [7, 11) is 1.63. The summed E-state index contributed by atoms with van der Waals surface area (Å²) < 4.78 is 5.13. The molecule has 0 fully saturated rings. The molecule has 0 aliphatic heterocycles. The molecule has 0 bridgehead atoms. The quantitative estimate of drug-likeness (QED) is 0.844. The van der Waals surface area contributed by atoms with Crippen molar-refractivity contribution in [3.63, 3.8) is 0 Å². The highest BCUT2D eigenvalue weighted by Gasteiger charge is 2.01. The number of hydrogen-bond acceptors (Lipinski definition) is 5. The summed E-state index contributed by atoms with van der Waals surface area (Å²) in [5, 5.41) is 3.08. The fraction of sp³-hybridized carbons (Fsp3) is 0.167. The molecule has 0 saturated carbocycles. The van der Waals surface area contributed by atoms with Crippen LogP contribution in [-0.4, -0.2) is 17.1 Å². The van der Waals surface area contributed by atoms with Crippen LogP contribution in [0.1, 0.15) is 5.69 Å². The first-order valence-corrected chi connectivity index (χ1v) is 5.19. The first-order chi connectivity index (χ1) is 8.17. The highest BCUT2D eigenvalue weighted by Crippen LogP contribution is 2.19. The largest absolute Gasteiger partial charge is 0.497 e. The van der Waals surface area contributed by atoms with E-state index < -0.39 is 0 Å². The van der Waals surface area contributed by atoms with Gasteiger partial charge in [0.1, 0.15) is 11.6 Å². The Balaban J connectivity index is 2.24. The van der Waals surface area contributed by atoms with Gasteiger partial charge in [0.05, 0.1) is 7.11 Å². The van der Waals surface area contributed by atoms with Crippen LogP contribution in [-0.2, 0) is 0 Å². The minimum atomic E-state index is 0.447. The summed E-state index contributed by atoms with van der Waals surface area (Å²) in [6.07, 6.45) is 0. The molecule has 0 spiro atoms. The van der Waals surface area contributed by atoms with E-state index >= 15 is 0 Å². The zero-order valence-electron chi connectivity index (χ0n) is 9.77. The second-order valence-electron chi connectivity index (χ2n) is 3.61. The van der Waals surface area contributed by atoms with Crippen LogP contribution in [0.2, 0.25) is 0 Å². The Morgan fingerprint density at radius 1 is 1.24 bits per heavy atom. The maximum atomic E-state index is 5.65. The Morgan fingerprint density at radius 3 is 2.76 bits per heavy atom. The standard InChI is InChI=1S/C12H14N4O/c1-8-6-11(13)16-12(14-8)15-9-4-3-5-10(7-9)17-2/h3-7H,1-2H3,(H3,13,14,15,16). The third-order valence-electron chi connectivity index (χ3n) is 2.20. The molecule has 88 valence electrons. The number of aryl methyl sites for hydroxylation is 1. The van der Waals surface area contributed by atoms with Gasteiger partial charge in [-0.1, -0.05) is 6.07 Å². The number of anilines is 3. The second kappa shape index (κ2) is 4.69. The van der Waals surface area contributed by atoms with Crippen molar-refractivity contribution in [3.05, 3.63) is 36.0 Å². The maximum absolute atomic E-state index is 5.65. The van der Waals surface area contributed by atoms with Crippen LogP contribution in [0, 0.1) is 6.92 Å². The van der Waals surface area contributed by atoms with Crippen molar-refractivity contribution < 1.29 is 4.74 Å². The lowest BCUT2D eigenvalue weighted by atomic mass is 10.3. The monoisotopic (exact) mass is 230 g/mol. The normalized spacial score (nSPS) is 10.0. The lowest BCUT2D eigenvalue weighted by Crippen LogP contribution is -2.01. The summed E-state index contributed by atoms with van der Waals surface area (Å²) in [4.78, 5) is 8.34. The van der Waals surface area contributed by atoms with Crippen molar-refractivity contribution in [1.29, 1.82) is 0 Å². The first kappa shape index (κ1) is 11.2. The Hall–Kier alpha value is -2.30. The maximum Gasteiger partial charge on any atom is 0.229 e. The average molecular weight is 230 g/mol. The molecule has 0 unspecified atom stereocenters. The number of nitrogens with two attached hydrogens (primary N) is 1. The summed E-state index contributed by atoms with van der Waals surface area (Å²) in [6, 6.07) is 9.25. The van der Waals surface area contributed by atoms with Gasteiger partial charge < -0.3 is 15.8 Å². The van der Waals surface area contributed by atoms with Gasteiger partial charge in [0.2, 0.25) is 5.95 Å². The minimum absolute atomic E-state index is 0.447. The number of hydrogen-bond donors (Lipinski definition) is 2. The molecule has 0 aliphatic rings. The van der Waals surface area contributed by atoms with Gasteiger partial charge in [0.25, 0.3) is 0 Å². The zero-order valence-corrected chi connectivity index (χ0v) is 9.77. The van der Waals surface area contributed by atoms with E-state index in [1.54, 1.807) is 13.2 Å². The van der Waals surface area contributed by atoms with Gasteiger partial charge in [-0.15, -0.1) is 0 Å². The third kappa shape index (κ3) is 2.84. The number of rotatable bonds is 3. The molecule has 1 heterocycles. The first-order valence-electron chi connectivity index (χ1n) is 5.19. The van der Waals surface area contributed by atoms with Gasteiger partial charge in [-0.05, 0) is 19.1 Å². The molecule has 0 saturated heterocycles. The van der Waals surface area contributed by atoms with E-state index in [-0.39, 0.29) is 0 Å². The van der Waals surface area contributed by atoms with E-state index in [9.17, 15) is 0 Å². The van der Waals surface area contributed by atoms with Gasteiger partial charge in [-0.2, -0.15) is 4.98 Å². The molecule has 5 heteroatoms. The number of nitrogens with one attached hydrogen (secondary N) is 1. The van der Waals surface area contributed by atoms with Crippen molar-refractivity contribution in [2.45, 2.75) is 6.92 Å². The highest BCUT2D eigenvalue weighted by molar-refractivity contribution is 5.56. The van der Waals surface area contributed by atoms with Crippen LogP contribution >= 0.6 is 0 Å². The Bertz CT molecular complexity index is 507. The molecule has 0 radical (unpaired) electrons. The average Bonchev–Trinajstić information content (AvgIpc) is 2.28. The summed E-state index contributed by atoms with van der Waals surface area (Å²) in [5.41, 5.74) is 7.33. The van der Waals surface area contributed by atoms with Gasteiger partial charge in [-0.25, -0.2) is 4.98 Å². The molecule has 17 heavy (non-hydrogen) atoms. The fourth-order valence-electron chi connectivity index (χ4n) is 1.48. The highest BCUT2D eigenvalue weighted by atomic mass is 16.5. The fourth-order valence-corrected chi connectivity index (χ4v) is 1.48. The molecule has 2 aromatic rings. The van der Waals surface area contributed by atoms with E-state index in [2.05, 4.69) is 15.3 Å². The molecule has 0 amide bonds. The van der Waals surface area contributed by atoms with Gasteiger partial charge in [-0.3, -0.25) is 0 Å². The zero-order chi connectivity index (χ0) is 12.3. The van der Waals surface area contributed by atoms with Crippen molar-refractivity contribution in [1.82, 2.24) is 9.97 Å². The van der Waals surface area contributed by atoms with Crippen LogP contribution in [0.4, 0.5) is 17.5 Å². The molecule has 5 nitrogen and oxygen atoms in total. The molecule has 0 aliphatic carbocycles. The summed E-state index contributed by atoms with van der Waals surface area (Å²) in [6.45, 7) is 1.87. The molecule has 1 aromatic carbocycles. The summed E-state index contributed by atoms with van der Waals surface area (Å²) in [5.74, 6) is 1.70. The Kier molecular flexibility index (Phi) is 3.09. The van der Waals surface area contributed by atoms with E-state index in [1.807, 2.05) is 31.2 Å². The molecule has 2 rings (SSSR count). The predicted octanol–water partition coefficient (Wildman–Crippen LogP) is 2.12. The van der Waals surface area contributed by atoms with E-state index in [4.69, 9.17) is 10.5 Å². The van der Waals surface area contributed by atoms with Gasteiger partial charge in [0, 0.05) is 23.5 Å². The van der Waals surface area contributed by atoms with E-state index in [0.717, 1.165) is 17.1 Å². The van der Waals surface area contributed by atoms with Crippen LogP contribution in [0.3, 0.4) is 0 Å². The number of benzene rings is 1. The Morgan fingerprint density at radius 2 is 2.06 bits per heavy atom. The third-order valence-corrected chi connectivity index (χ3v) is 2.20. The number of nitrogens with zero attached hydrogens (tertiary/aromatic N) is 2. The van der Waals surface area contributed by atoms with E-state index in [1.165, 1.54) is 0 Å². The van der Waals surface area contributed by atoms with Crippen molar-refractivity contribution in [2.24, 2.45) is 0 Å². The lowest BCUT2D eigenvalue weighted by Gasteiger charge is -2.07. The number of ether oxygens (including phenoxy) is 1. The van der Waals surface area contributed by atoms with Crippen LogP contribution in [0.5, 0.6) is 5.75 Å².